The summed E-state index contributed by atoms with van der Waals surface area (Å²) >= 11 is 11.3. The molecule has 0 aliphatic heterocycles. The van der Waals surface area contributed by atoms with Crippen molar-refractivity contribution in [3.63, 3.8) is 0 Å². The fraction of sp³-hybridized carbons (Fsp3) is 0.100. The summed E-state index contributed by atoms with van der Waals surface area (Å²) in [6.07, 6.45) is 0.998. The molecule has 0 aliphatic rings. The van der Waals surface area contributed by atoms with Crippen LogP contribution in [0.4, 0.5) is 5.95 Å². The molecule has 2 rings (SSSR count). The fourth-order valence-electron chi connectivity index (χ4n) is 1.32. The molecule has 0 spiro atoms. The maximum Gasteiger partial charge on any atom is 0.266 e. The Hall–Kier alpha value is -1.84. The van der Waals surface area contributed by atoms with Gasteiger partial charge in [-0.1, -0.05) is 23.2 Å². The topological polar surface area (TPSA) is 114 Å². The first-order chi connectivity index (χ1) is 9.81. The number of halogens is 2. The minimum atomic E-state index is -4.04. The summed E-state index contributed by atoms with van der Waals surface area (Å²) in [6, 6.07) is 2.32. The Bertz CT molecular complexity index is 837. The number of aromatic amines is 1. The molecule has 8 nitrogen and oxygen atoms in total. The van der Waals surface area contributed by atoms with Gasteiger partial charge in [-0.15, -0.1) is 0 Å². The van der Waals surface area contributed by atoms with Gasteiger partial charge in [0.05, 0.1) is 7.11 Å². The SMILES string of the molecule is COc1cc(Cl)nc(NS(=O)(=O)c2c[nH]c(=O)c(Cl)c2)n1. The summed E-state index contributed by atoms with van der Waals surface area (Å²) in [5.74, 6) is -0.186. The van der Waals surface area contributed by atoms with Gasteiger partial charge in [0.2, 0.25) is 11.8 Å². The molecule has 11 heteroatoms. The number of rotatable bonds is 4. The zero-order chi connectivity index (χ0) is 15.6. The molecule has 21 heavy (non-hydrogen) atoms. The molecule has 112 valence electrons. The van der Waals surface area contributed by atoms with Crippen molar-refractivity contribution < 1.29 is 13.2 Å². The molecular weight excluding hydrogens is 343 g/mol. The number of pyridine rings is 1. The highest BCUT2D eigenvalue weighted by atomic mass is 35.5. The molecule has 2 aromatic rings. The van der Waals surface area contributed by atoms with Crippen molar-refractivity contribution in [3.8, 4) is 5.88 Å². The highest BCUT2D eigenvalue weighted by Crippen LogP contribution is 2.19. The monoisotopic (exact) mass is 350 g/mol. The zero-order valence-electron chi connectivity index (χ0n) is 10.4. The van der Waals surface area contributed by atoms with E-state index in [0.717, 1.165) is 12.3 Å². The van der Waals surface area contributed by atoms with Crippen molar-refractivity contribution >= 4 is 39.2 Å². The molecule has 2 aromatic heterocycles. The average molecular weight is 351 g/mol. The summed E-state index contributed by atoms with van der Waals surface area (Å²) in [5.41, 5.74) is -0.601. The van der Waals surface area contributed by atoms with Gasteiger partial charge in [0.15, 0.2) is 0 Å². The number of methoxy groups -OCH3 is 1. The van der Waals surface area contributed by atoms with Crippen molar-refractivity contribution in [1.29, 1.82) is 0 Å². The van der Waals surface area contributed by atoms with E-state index in [1.165, 1.54) is 13.2 Å². The highest BCUT2D eigenvalue weighted by Gasteiger charge is 2.18. The normalized spacial score (nSPS) is 11.2. The average Bonchev–Trinajstić information content (AvgIpc) is 2.40. The standard InChI is InChI=1S/C10H8Cl2N4O4S/c1-20-8-3-7(12)14-10(15-8)16-21(18,19)5-2-6(11)9(17)13-4-5/h2-4H,1H3,(H,13,17)(H,14,15,16). The number of H-pyrrole nitrogens is 1. The van der Waals surface area contributed by atoms with E-state index in [1.54, 1.807) is 0 Å². The predicted molar refractivity (Wildman–Crippen MR) is 76.5 cm³/mol. The maximum atomic E-state index is 12.1. The second kappa shape index (κ2) is 5.88. The molecule has 2 N–H and O–H groups in total. The van der Waals surface area contributed by atoms with Crippen LogP contribution in [0.1, 0.15) is 0 Å². The molecular formula is C10H8Cl2N4O4S. The van der Waals surface area contributed by atoms with E-state index in [0.29, 0.717) is 0 Å². The Labute approximate surface area is 129 Å². The predicted octanol–water partition coefficient (Wildman–Crippen LogP) is 1.28. The quantitative estimate of drug-likeness (QED) is 0.802. The second-order valence-electron chi connectivity index (χ2n) is 3.67. The Morgan fingerprint density at radius 2 is 2.00 bits per heavy atom. The molecule has 0 aliphatic carbocycles. The highest BCUT2D eigenvalue weighted by molar-refractivity contribution is 7.92. The largest absolute Gasteiger partial charge is 0.481 e. The smallest absolute Gasteiger partial charge is 0.266 e. The molecule has 0 amide bonds. The number of aromatic nitrogens is 3. The first-order valence-electron chi connectivity index (χ1n) is 5.31. The van der Waals surface area contributed by atoms with Crippen LogP contribution in [0.3, 0.4) is 0 Å². The lowest BCUT2D eigenvalue weighted by Crippen LogP contribution is -2.17. The van der Waals surface area contributed by atoms with E-state index in [4.69, 9.17) is 27.9 Å². The van der Waals surface area contributed by atoms with Gasteiger partial charge < -0.3 is 9.72 Å². The van der Waals surface area contributed by atoms with Gasteiger partial charge >= 0.3 is 0 Å². The van der Waals surface area contributed by atoms with Gasteiger partial charge in [0.1, 0.15) is 15.1 Å². The van der Waals surface area contributed by atoms with Gasteiger partial charge in [-0.3, -0.25) is 4.79 Å². The number of hydrogen-bond acceptors (Lipinski definition) is 6. The van der Waals surface area contributed by atoms with Gasteiger partial charge in [-0.25, -0.2) is 18.1 Å². The lowest BCUT2D eigenvalue weighted by molar-refractivity contribution is 0.397. The minimum absolute atomic E-state index is 0.000879. The van der Waals surface area contributed by atoms with E-state index < -0.39 is 15.6 Å². The van der Waals surface area contributed by atoms with Crippen molar-refractivity contribution in [2.24, 2.45) is 0 Å². The maximum absolute atomic E-state index is 12.1. The van der Waals surface area contributed by atoms with Crippen LogP contribution in [0.25, 0.3) is 0 Å². The molecule has 0 saturated carbocycles. The van der Waals surface area contributed by atoms with Crippen molar-refractivity contribution in [2.75, 3.05) is 11.8 Å². The van der Waals surface area contributed by atoms with Crippen LogP contribution >= 0.6 is 23.2 Å². The molecule has 0 atom stereocenters. The van der Waals surface area contributed by atoms with Crippen LogP contribution < -0.4 is 15.0 Å². The molecule has 0 fully saturated rings. The first-order valence-corrected chi connectivity index (χ1v) is 7.55. The van der Waals surface area contributed by atoms with Crippen LogP contribution in [0.15, 0.2) is 28.0 Å². The van der Waals surface area contributed by atoms with Crippen molar-refractivity contribution in [2.45, 2.75) is 4.90 Å². The first kappa shape index (κ1) is 15.5. The molecule has 0 saturated heterocycles. The second-order valence-corrected chi connectivity index (χ2v) is 6.15. The summed E-state index contributed by atoms with van der Waals surface area (Å²) in [7, 11) is -2.69. The third-order valence-corrected chi connectivity index (χ3v) is 4.03. The Kier molecular flexibility index (Phi) is 4.35. The fourth-order valence-corrected chi connectivity index (χ4v) is 2.67. The molecule has 0 bridgehead atoms. The van der Waals surface area contributed by atoms with E-state index >= 15 is 0 Å². The van der Waals surface area contributed by atoms with Gasteiger partial charge in [-0.2, -0.15) is 4.98 Å². The number of sulfonamides is 1. The van der Waals surface area contributed by atoms with Crippen molar-refractivity contribution in [3.05, 3.63) is 38.9 Å². The number of nitrogens with zero attached hydrogens (tertiary/aromatic N) is 2. The summed E-state index contributed by atoms with van der Waals surface area (Å²) in [6.45, 7) is 0. The van der Waals surface area contributed by atoms with Crippen LogP contribution in [-0.4, -0.2) is 30.5 Å². The third kappa shape index (κ3) is 3.63. The number of anilines is 1. The third-order valence-electron chi connectivity index (χ3n) is 2.25. The van der Waals surface area contributed by atoms with Crippen LogP contribution in [-0.2, 0) is 10.0 Å². The van der Waals surface area contributed by atoms with E-state index in [1.807, 2.05) is 0 Å². The van der Waals surface area contributed by atoms with E-state index in [9.17, 15) is 13.2 Å². The van der Waals surface area contributed by atoms with Gasteiger partial charge in [0.25, 0.3) is 15.6 Å². The van der Waals surface area contributed by atoms with Gasteiger partial charge in [-0.05, 0) is 6.07 Å². The molecule has 0 unspecified atom stereocenters. The zero-order valence-corrected chi connectivity index (χ0v) is 12.8. The molecule has 0 aromatic carbocycles. The Balaban J connectivity index is 2.39. The lowest BCUT2D eigenvalue weighted by atomic mass is 10.5. The number of hydrogen-bond donors (Lipinski definition) is 2. The molecule has 0 radical (unpaired) electrons. The summed E-state index contributed by atoms with van der Waals surface area (Å²) in [4.78, 5) is 20.6. The van der Waals surface area contributed by atoms with Crippen LogP contribution in [0, 0.1) is 0 Å². The van der Waals surface area contributed by atoms with E-state index in [2.05, 4.69) is 19.7 Å². The van der Waals surface area contributed by atoms with Crippen molar-refractivity contribution in [1.82, 2.24) is 15.0 Å². The number of ether oxygens (including phenoxy) is 1. The minimum Gasteiger partial charge on any atom is -0.481 e. The van der Waals surface area contributed by atoms with Crippen LogP contribution in [0.5, 0.6) is 5.88 Å². The van der Waals surface area contributed by atoms with Gasteiger partial charge in [0, 0.05) is 12.3 Å². The number of nitrogens with one attached hydrogen (secondary N) is 2. The van der Waals surface area contributed by atoms with Crippen LogP contribution in [0.2, 0.25) is 10.2 Å². The molecule has 2 heterocycles. The summed E-state index contributed by atoms with van der Waals surface area (Å²) in [5, 5.41) is -0.262. The lowest BCUT2D eigenvalue weighted by Gasteiger charge is -2.08. The summed E-state index contributed by atoms with van der Waals surface area (Å²) < 4.78 is 31.2. The van der Waals surface area contributed by atoms with E-state index in [-0.39, 0.29) is 26.9 Å². The Morgan fingerprint density at radius 3 is 2.62 bits per heavy atom. The Morgan fingerprint density at radius 1 is 1.29 bits per heavy atom.